The molecule has 0 amide bonds. The summed E-state index contributed by atoms with van der Waals surface area (Å²) in [7, 11) is 10.7. The zero-order chi connectivity index (χ0) is 33.1. The Morgan fingerprint density at radius 3 is 1.91 bits per heavy atom. The van der Waals surface area contributed by atoms with Gasteiger partial charge >= 0.3 is 37.9 Å². The zero-order valence-electron chi connectivity index (χ0n) is 28.5. The number of fused-ring (bicyclic) bond motifs is 4. The average molecular weight is 729 g/mol. The third-order valence-corrected chi connectivity index (χ3v) is 9.89. The molecule has 0 saturated carbocycles. The van der Waals surface area contributed by atoms with E-state index in [-0.39, 0.29) is 10.8 Å². The molecule has 0 atom stereocenters. The Bertz CT molecular complexity index is 1670. The van der Waals surface area contributed by atoms with Crippen molar-refractivity contribution >= 4 is 47.7 Å². The quantitative estimate of drug-likeness (QED) is 0.126. The van der Waals surface area contributed by atoms with Crippen molar-refractivity contribution in [2.75, 3.05) is 0 Å². The predicted octanol–water partition coefficient (Wildman–Crippen LogP) is 11.6. The van der Waals surface area contributed by atoms with Crippen LogP contribution in [0.2, 0.25) is 0 Å². The maximum absolute atomic E-state index is 4.93. The number of rotatable bonds is 3. The van der Waals surface area contributed by atoms with Gasteiger partial charge in [0.15, 0.2) is 0 Å². The van der Waals surface area contributed by atoms with Gasteiger partial charge in [0.05, 0.1) is 9.52 Å². The maximum Gasteiger partial charge on any atom is 0.0920 e. The minimum Gasteiger partial charge on any atom is -0.184 e. The van der Waals surface area contributed by atoms with Gasteiger partial charge in [-0.15, -0.1) is 40.1 Å². The first-order valence-corrected chi connectivity index (χ1v) is 23.2. The van der Waals surface area contributed by atoms with E-state index >= 15 is 0 Å². The van der Waals surface area contributed by atoms with Gasteiger partial charge < -0.3 is 0 Å². The third-order valence-electron chi connectivity index (χ3n) is 8.52. The third kappa shape index (κ3) is 8.56. The summed E-state index contributed by atoms with van der Waals surface area (Å²) < 4.78 is 0. The number of hydrogen-bond acceptors (Lipinski definition) is 0. The summed E-state index contributed by atoms with van der Waals surface area (Å²) in [5, 5.41) is 5.60. The second-order valence-electron chi connectivity index (χ2n) is 14.6. The molecule has 2 radical (unpaired) electrons. The molecule has 0 fully saturated rings. The van der Waals surface area contributed by atoms with E-state index in [0.717, 1.165) is 9.52 Å². The first kappa shape index (κ1) is 36.0. The maximum atomic E-state index is 4.93. The summed E-state index contributed by atoms with van der Waals surface area (Å²) in [5.74, 6) is 1.03. The molecule has 5 aromatic rings. The molecule has 0 unspecified atom stereocenters. The van der Waals surface area contributed by atoms with Gasteiger partial charge in [-0.1, -0.05) is 134 Å². The summed E-state index contributed by atoms with van der Waals surface area (Å²) in [6, 6.07) is 35.0. The van der Waals surface area contributed by atoms with E-state index in [9.17, 15) is 0 Å². The fraction of sp³-hybridized carbons (Fsp3) is 0.341. The molecule has 0 aromatic heterocycles. The van der Waals surface area contributed by atoms with Crippen LogP contribution in [0.25, 0.3) is 33.0 Å². The zero-order valence-corrected chi connectivity index (χ0v) is 33.5. The van der Waals surface area contributed by atoms with Gasteiger partial charge in [0.25, 0.3) is 0 Å². The van der Waals surface area contributed by atoms with Crippen molar-refractivity contribution in [2.24, 2.45) is 0 Å². The fourth-order valence-corrected chi connectivity index (χ4v) is 7.13. The topological polar surface area (TPSA) is 0 Å². The van der Waals surface area contributed by atoms with Crippen LogP contribution in [-0.2, 0) is 31.7 Å². The van der Waals surface area contributed by atoms with Crippen molar-refractivity contribution in [3.63, 3.8) is 0 Å². The van der Waals surface area contributed by atoms with Crippen LogP contribution in [0, 0.1) is 6.07 Å². The Balaban J connectivity index is 0.000000236. The molecule has 45 heavy (non-hydrogen) atoms. The largest absolute Gasteiger partial charge is 0.184 e. The van der Waals surface area contributed by atoms with Gasteiger partial charge in [0.2, 0.25) is 0 Å². The average Bonchev–Trinajstić information content (AvgIpc) is 3.58. The molecule has 0 N–H and O–H groups in total. The minimum atomic E-state index is -0.826. The molecule has 0 spiro atoms. The standard InChI is InChI=1S/C29H39.C12H7Si.2ClH.Zr/c1-18(2)21-13-20-11-12-25(19(3)4)27(26(20)16-21)22-14-23(28(5,6)7)17-24(15-22)29(8,9)10;1-3-7-11-9(5-1)10-6-2-4-8-12(10)13-11;;;/h11-19H,1-10H3;1-7H;2*1H;/q2*-1;;;+4/p-2. The second kappa shape index (κ2) is 14.9. The Kier molecular flexibility index (Phi) is 12.0. The van der Waals surface area contributed by atoms with Gasteiger partial charge in [0, 0.05) is 0 Å². The van der Waals surface area contributed by atoms with Gasteiger partial charge in [-0.2, -0.15) is 35.5 Å². The molecule has 6 rings (SSSR count). The predicted molar refractivity (Wildman–Crippen MR) is 198 cm³/mol. The summed E-state index contributed by atoms with van der Waals surface area (Å²) >= 11 is -0.826. The van der Waals surface area contributed by atoms with Crippen LogP contribution in [0.3, 0.4) is 0 Å². The Labute approximate surface area is 293 Å². The Morgan fingerprint density at radius 1 is 0.733 bits per heavy atom. The van der Waals surface area contributed by atoms with Crippen molar-refractivity contribution in [3.8, 4) is 22.3 Å². The van der Waals surface area contributed by atoms with E-state index in [1.807, 2.05) is 6.07 Å². The molecule has 0 saturated heterocycles. The first-order chi connectivity index (χ1) is 21.1. The Hall–Kier alpha value is -1.83. The van der Waals surface area contributed by atoms with Crippen LogP contribution in [0.5, 0.6) is 0 Å². The van der Waals surface area contributed by atoms with Crippen molar-refractivity contribution < 1.29 is 20.8 Å². The number of benzene rings is 4. The number of halogens is 2. The van der Waals surface area contributed by atoms with Crippen LogP contribution in [0.15, 0.2) is 84.9 Å². The summed E-state index contributed by atoms with van der Waals surface area (Å²) in [5.41, 5.74) is 11.5. The molecule has 0 aliphatic carbocycles. The Morgan fingerprint density at radius 2 is 1.33 bits per heavy atom. The smallest absolute Gasteiger partial charge is 0.0920 e. The fourth-order valence-electron chi connectivity index (χ4n) is 5.82. The minimum absolute atomic E-state index is 0.122. The van der Waals surface area contributed by atoms with Gasteiger partial charge in [-0.05, 0) is 39.4 Å². The molecule has 0 nitrogen and oxygen atoms in total. The summed E-state index contributed by atoms with van der Waals surface area (Å²) in [6.45, 7) is 23.1. The van der Waals surface area contributed by atoms with Gasteiger partial charge in [-0.25, -0.2) is 0 Å². The van der Waals surface area contributed by atoms with Crippen LogP contribution >= 0.6 is 17.0 Å². The van der Waals surface area contributed by atoms with Gasteiger partial charge in [0.1, 0.15) is 0 Å². The van der Waals surface area contributed by atoms with Crippen molar-refractivity contribution in [3.05, 3.63) is 113 Å². The molecule has 0 bridgehead atoms. The number of hydrogen-bond donors (Lipinski definition) is 0. The second-order valence-corrected chi connectivity index (χ2v) is 19.7. The molecule has 5 aromatic carbocycles. The van der Waals surface area contributed by atoms with E-state index in [1.54, 1.807) is 0 Å². The molecule has 1 aliphatic heterocycles. The van der Waals surface area contributed by atoms with Crippen LogP contribution in [-0.4, -0.2) is 9.52 Å². The first-order valence-electron chi connectivity index (χ1n) is 15.9. The van der Waals surface area contributed by atoms with Crippen LogP contribution in [0.1, 0.15) is 103 Å². The molecule has 1 aliphatic rings. The SMILES string of the molecule is CC(C)c1cc2c(-c3cc(C(C)(C)C)cc(C(C)(C)C)c3)c(C(C)C)ccc2[cH-]1.[Cl][Zr+2][Cl].[c-]1cccc2c1[Si]c1ccccc1-2. The van der Waals surface area contributed by atoms with E-state index in [0.29, 0.717) is 11.8 Å². The normalized spacial score (nSPS) is 12.2. The van der Waals surface area contributed by atoms with Crippen molar-refractivity contribution in [2.45, 2.75) is 91.9 Å². The van der Waals surface area contributed by atoms with Crippen molar-refractivity contribution in [1.29, 1.82) is 0 Å². The molecular formula is C41H46Cl2SiZr. The van der Waals surface area contributed by atoms with E-state index < -0.39 is 20.8 Å². The summed E-state index contributed by atoms with van der Waals surface area (Å²) in [6.07, 6.45) is 0. The molecule has 1 heterocycles. The van der Waals surface area contributed by atoms with Crippen LogP contribution in [0.4, 0.5) is 0 Å². The molecular weight excluding hydrogens is 683 g/mol. The molecule has 232 valence electrons. The van der Waals surface area contributed by atoms with Crippen LogP contribution < -0.4 is 10.4 Å². The van der Waals surface area contributed by atoms with Gasteiger partial charge in [-0.3, -0.25) is 0 Å². The van der Waals surface area contributed by atoms with E-state index in [1.165, 1.54) is 65.7 Å². The van der Waals surface area contributed by atoms with E-state index in [4.69, 9.17) is 17.0 Å². The summed E-state index contributed by atoms with van der Waals surface area (Å²) in [4.78, 5) is 0. The molecule has 4 heteroatoms. The monoisotopic (exact) mass is 726 g/mol. The van der Waals surface area contributed by atoms with Crippen molar-refractivity contribution in [1.82, 2.24) is 0 Å². The van der Waals surface area contributed by atoms with E-state index in [2.05, 4.69) is 154 Å².